The number of carbonyl (C=O) groups is 1. The van der Waals surface area contributed by atoms with Crippen LogP contribution in [0, 0.1) is 0 Å². The number of unbranched alkanes of at least 4 members (excludes halogenated alkanes) is 27. The van der Waals surface area contributed by atoms with Gasteiger partial charge in [0.05, 0.1) is 25.4 Å². The molecule has 1 aliphatic heterocycles. The quantitative estimate of drug-likeness (QED) is 0.0272. The van der Waals surface area contributed by atoms with Gasteiger partial charge in [0.2, 0.25) is 5.91 Å². The molecule has 314 valence electrons. The highest BCUT2D eigenvalue weighted by Crippen LogP contribution is 2.23. The molecule has 0 aromatic heterocycles. The Kier molecular flexibility index (Phi) is 33.3. The zero-order valence-electron chi connectivity index (χ0n) is 34.3. The third-order valence-corrected chi connectivity index (χ3v) is 10.9. The van der Waals surface area contributed by atoms with Crippen molar-refractivity contribution in [3.63, 3.8) is 0 Å². The molecule has 0 radical (unpaired) electrons. The van der Waals surface area contributed by atoms with Crippen molar-refractivity contribution in [2.45, 2.75) is 249 Å². The highest BCUT2D eigenvalue weighted by Gasteiger charge is 2.44. The third kappa shape index (κ3) is 26.4. The molecule has 0 aliphatic carbocycles. The van der Waals surface area contributed by atoms with Gasteiger partial charge in [0.15, 0.2) is 6.29 Å². The second-order valence-electron chi connectivity index (χ2n) is 15.9. The second kappa shape index (κ2) is 35.4. The van der Waals surface area contributed by atoms with E-state index in [0.717, 1.165) is 38.5 Å². The van der Waals surface area contributed by atoms with Crippen molar-refractivity contribution in [2.24, 2.45) is 0 Å². The van der Waals surface area contributed by atoms with Gasteiger partial charge >= 0.3 is 0 Å². The molecule has 9 heteroatoms. The van der Waals surface area contributed by atoms with Gasteiger partial charge in [-0.15, -0.1) is 0 Å². The number of amides is 1. The lowest BCUT2D eigenvalue weighted by Crippen LogP contribution is -2.60. The minimum atomic E-state index is -1.56. The zero-order chi connectivity index (χ0) is 38.8. The zero-order valence-corrected chi connectivity index (χ0v) is 34.3. The first kappa shape index (κ1) is 49.9. The van der Waals surface area contributed by atoms with Gasteiger partial charge in [-0.1, -0.05) is 193 Å². The molecule has 0 spiro atoms. The van der Waals surface area contributed by atoms with Crippen LogP contribution in [0.5, 0.6) is 0 Å². The molecular weight excluding hydrogens is 670 g/mol. The van der Waals surface area contributed by atoms with Crippen molar-refractivity contribution in [2.75, 3.05) is 13.2 Å². The van der Waals surface area contributed by atoms with Gasteiger partial charge in [-0.2, -0.15) is 0 Å². The van der Waals surface area contributed by atoms with Crippen LogP contribution in [-0.2, 0) is 14.3 Å². The molecule has 1 heterocycles. The van der Waals surface area contributed by atoms with E-state index in [1.54, 1.807) is 6.08 Å². The number of hydrogen-bond acceptors (Lipinski definition) is 8. The fraction of sp³-hybridized carbons (Fsp3) is 0.932. The molecule has 1 aliphatic rings. The van der Waals surface area contributed by atoms with Crippen LogP contribution in [-0.4, -0.2) is 87.5 Å². The van der Waals surface area contributed by atoms with E-state index in [4.69, 9.17) is 9.47 Å². The van der Waals surface area contributed by atoms with E-state index in [9.17, 15) is 30.3 Å². The lowest BCUT2D eigenvalue weighted by atomic mass is 9.99. The number of rotatable bonds is 37. The second-order valence-corrected chi connectivity index (χ2v) is 15.9. The van der Waals surface area contributed by atoms with E-state index in [0.29, 0.717) is 6.42 Å². The number of aliphatic hydroxyl groups is 5. The van der Waals surface area contributed by atoms with Crippen molar-refractivity contribution in [3.05, 3.63) is 12.2 Å². The topological polar surface area (TPSA) is 149 Å². The van der Waals surface area contributed by atoms with Gasteiger partial charge < -0.3 is 40.3 Å². The van der Waals surface area contributed by atoms with Crippen molar-refractivity contribution in [3.8, 4) is 0 Å². The number of hydrogen-bond donors (Lipinski definition) is 6. The van der Waals surface area contributed by atoms with Crippen molar-refractivity contribution in [1.29, 1.82) is 0 Å². The van der Waals surface area contributed by atoms with Crippen LogP contribution in [0.4, 0.5) is 0 Å². The Morgan fingerprint density at radius 3 is 1.47 bits per heavy atom. The Hall–Kier alpha value is -1.07. The Morgan fingerprint density at radius 2 is 1.04 bits per heavy atom. The predicted molar refractivity (Wildman–Crippen MR) is 217 cm³/mol. The predicted octanol–water partition coefficient (Wildman–Crippen LogP) is 8.95. The summed E-state index contributed by atoms with van der Waals surface area (Å²) in [4.78, 5) is 12.9. The molecule has 0 aromatic rings. The molecule has 9 nitrogen and oxygen atoms in total. The summed E-state index contributed by atoms with van der Waals surface area (Å²) in [7, 11) is 0. The lowest BCUT2D eigenvalue weighted by Gasteiger charge is -2.40. The van der Waals surface area contributed by atoms with E-state index in [2.05, 4.69) is 19.2 Å². The third-order valence-electron chi connectivity index (χ3n) is 10.9. The van der Waals surface area contributed by atoms with Crippen LogP contribution >= 0.6 is 0 Å². The molecule has 7 atom stereocenters. The van der Waals surface area contributed by atoms with Crippen LogP contribution in [0.1, 0.15) is 206 Å². The molecule has 1 amide bonds. The molecule has 0 aromatic carbocycles. The molecular formula is C44H85NO8. The number of aliphatic hydroxyl groups excluding tert-OH is 5. The molecule has 6 N–H and O–H groups in total. The van der Waals surface area contributed by atoms with Gasteiger partial charge in [0.25, 0.3) is 0 Å². The molecule has 0 saturated carbocycles. The first-order chi connectivity index (χ1) is 25.8. The van der Waals surface area contributed by atoms with Crippen LogP contribution in [0.3, 0.4) is 0 Å². The Balaban J connectivity index is 2.31. The Bertz CT molecular complexity index is 842. The first-order valence-corrected chi connectivity index (χ1v) is 22.4. The smallest absolute Gasteiger partial charge is 0.220 e. The monoisotopic (exact) mass is 756 g/mol. The SMILES string of the molecule is CCCCCCCCCCC/C=C/[C@@H](O)[C@H](CO[C@@H]1O[C@H](CO)[C@H](O)C(O)C1O)NC(=O)CCCCCCCCCCCCCCCCCCCCC. The van der Waals surface area contributed by atoms with Crippen LogP contribution in [0.15, 0.2) is 12.2 Å². The lowest BCUT2D eigenvalue weighted by molar-refractivity contribution is -0.302. The van der Waals surface area contributed by atoms with Gasteiger partial charge in [-0.25, -0.2) is 0 Å². The fourth-order valence-corrected chi connectivity index (χ4v) is 7.21. The summed E-state index contributed by atoms with van der Waals surface area (Å²) in [5, 5.41) is 54.0. The highest BCUT2D eigenvalue weighted by molar-refractivity contribution is 5.76. The minimum absolute atomic E-state index is 0.175. The van der Waals surface area contributed by atoms with E-state index in [-0.39, 0.29) is 12.5 Å². The minimum Gasteiger partial charge on any atom is -0.394 e. The van der Waals surface area contributed by atoms with Crippen LogP contribution in [0.25, 0.3) is 0 Å². The summed E-state index contributed by atoms with van der Waals surface area (Å²) >= 11 is 0. The first-order valence-electron chi connectivity index (χ1n) is 22.4. The molecule has 1 fully saturated rings. The Labute approximate surface area is 325 Å². The maximum Gasteiger partial charge on any atom is 0.220 e. The summed E-state index contributed by atoms with van der Waals surface area (Å²) in [6, 6.07) is -0.797. The van der Waals surface area contributed by atoms with E-state index in [1.807, 2.05) is 6.08 Å². The van der Waals surface area contributed by atoms with Crippen LogP contribution in [0.2, 0.25) is 0 Å². The fourth-order valence-electron chi connectivity index (χ4n) is 7.21. The average molecular weight is 756 g/mol. The summed E-state index contributed by atoms with van der Waals surface area (Å²) in [6.45, 7) is 3.76. The number of carbonyl (C=O) groups excluding carboxylic acids is 1. The number of allylic oxidation sites excluding steroid dienone is 1. The maximum atomic E-state index is 12.9. The van der Waals surface area contributed by atoms with Gasteiger partial charge in [0.1, 0.15) is 24.4 Å². The Morgan fingerprint density at radius 1 is 0.623 bits per heavy atom. The van der Waals surface area contributed by atoms with Crippen molar-refractivity contribution in [1.82, 2.24) is 5.32 Å². The maximum absolute atomic E-state index is 12.9. The number of nitrogens with one attached hydrogen (secondary N) is 1. The normalized spacial score (nSPS) is 21.7. The molecule has 1 rings (SSSR count). The van der Waals surface area contributed by atoms with E-state index in [1.165, 1.54) is 148 Å². The largest absolute Gasteiger partial charge is 0.394 e. The highest BCUT2D eigenvalue weighted by atomic mass is 16.7. The molecule has 1 saturated heterocycles. The average Bonchev–Trinajstić information content (AvgIpc) is 3.16. The summed E-state index contributed by atoms with van der Waals surface area (Å²) in [5.74, 6) is -0.175. The van der Waals surface area contributed by atoms with Crippen molar-refractivity contribution < 1.29 is 39.8 Å². The summed E-state index contributed by atoms with van der Waals surface area (Å²) in [6.07, 6.45) is 32.6. The van der Waals surface area contributed by atoms with Crippen LogP contribution < -0.4 is 5.32 Å². The standard InChI is InChI=1S/C44H85NO8/c1-3-5-7-9-11-13-15-16-17-18-19-20-21-22-24-26-28-30-32-34-40(48)45-37(36-52-44-43(51)42(50)41(49)39(35-46)53-44)38(47)33-31-29-27-25-23-14-12-10-8-6-4-2/h31,33,37-39,41-44,46-47,49-51H,3-30,32,34-36H2,1-2H3,(H,45,48)/b33-31+/t37-,38+,39+,41-,42?,43?,44+/m0/s1. The van der Waals surface area contributed by atoms with Gasteiger partial charge in [0, 0.05) is 6.42 Å². The molecule has 2 unspecified atom stereocenters. The summed E-state index contributed by atoms with van der Waals surface area (Å²) < 4.78 is 11.2. The number of ether oxygens (including phenoxy) is 2. The van der Waals surface area contributed by atoms with E-state index < -0.39 is 49.5 Å². The van der Waals surface area contributed by atoms with Gasteiger partial charge in [-0.05, 0) is 19.3 Å². The molecule has 0 bridgehead atoms. The van der Waals surface area contributed by atoms with E-state index >= 15 is 0 Å². The van der Waals surface area contributed by atoms with Gasteiger partial charge in [-0.3, -0.25) is 4.79 Å². The van der Waals surface area contributed by atoms with Crippen molar-refractivity contribution >= 4 is 5.91 Å². The summed E-state index contributed by atoms with van der Waals surface area (Å²) in [5.41, 5.74) is 0. The molecule has 53 heavy (non-hydrogen) atoms.